The number of nitrogens with zero attached hydrogens (tertiary/aromatic N) is 1. The van der Waals surface area contributed by atoms with Crippen LogP contribution in [0.1, 0.15) is 277 Å². The second kappa shape index (κ2) is 61.3. The number of aliphatic carboxylic acids is 1. The SMILES string of the molecule is CC/C=C\C/C=C\C/C=C\C/C=C\C/C=C\C/C=C\CCCCCCCCCCCCCCCCCCCCC(=O)OC(COC(=O)CCCCCCCCC/C=C\C/C=C\CCCCCC)COC(OCC[N+](C)(C)C)C(=O)[O-]. The van der Waals surface area contributed by atoms with Crippen LogP contribution in [0.15, 0.2) is 97.2 Å². The van der Waals surface area contributed by atoms with Crippen LogP contribution in [-0.4, -0.2) is 82.3 Å². The minimum absolute atomic E-state index is 0.144. The quantitative estimate of drug-likeness (QED) is 0.0195. The summed E-state index contributed by atoms with van der Waals surface area (Å²) >= 11 is 0. The number of hydrogen-bond donors (Lipinski definition) is 0. The summed E-state index contributed by atoms with van der Waals surface area (Å²) in [5.74, 6) is -2.29. The van der Waals surface area contributed by atoms with Crippen molar-refractivity contribution in [2.24, 2.45) is 0 Å². The van der Waals surface area contributed by atoms with E-state index in [-0.39, 0.29) is 38.6 Å². The molecule has 2 atom stereocenters. The van der Waals surface area contributed by atoms with E-state index < -0.39 is 24.3 Å². The van der Waals surface area contributed by atoms with Crippen LogP contribution < -0.4 is 5.11 Å². The largest absolute Gasteiger partial charge is 0.545 e. The Morgan fingerprint density at radius 3 is 1.06 bits per heavy atom. The van der Waals surface area contributed by atoms with Gasteiger partial charge >= 0.3 is 11.9 Å². The standard InChI is InChI=1S/C71H123NO8/c1-6-8-10-12-14-16-18-20-22-24-26-27-28-29-30-31-32-33-34-35-36-37-38-39-40-41-42-43-44-46-48-50-52-54-56-58-60-62-69(74)80-67(66-79-71(70(75)76)77-64-63-72(3,4)5)65-78-68(73)61-59-57-55-53-51-49-47-45-25-23-21-19-17-15-13-11-9-7-2/h8,10,14,16-17,19-20,22-23,25-27,29-30,32-33,67,71H,6-7,9,11-13,15,18,21,24,28,31,34-66H2,1-5H3/b10-8-,16-14-,19-17-,22-20-,25-23-,27-26-,30-29-,33-32-. The lowest BCUT2D eigenvalue weighted by Crippen LogP contribution is -2.44. The Morgan fingerprint density at radius 2 is 0.713 bits per heavy atom. The Balaban J connectivity index is 4.08. The monoisotopic (exact) mass is 1120 g/mol. The van der Waals surface area contributed by atoms with Crippen LogP contribution in [0.4, 0.5) is 0 Å². The third kappa shape index (κ3) is 61.8. The Hall–Kier alpha value is -3.79. The van der Waals surface area contributed by atoms with E-state index in [1.54, 1.807) is 0 Å². The van der Waals surface area contributed by atoms with E-state index in [1.165, 1.54) is 148 Å². The fourth-order valence-electron chi connectivity index (χ4n) is 9.04. The summed E-state index contributed by atoms with van der Waals surface area (Å²) in [6.07, 6.45) is 80.5. The highest BCUT2D eigenvalue weighted by Gasteiger charge is 2.22. The van der Waals surface area contributed by atoms with Crippen LogP contribution in [0.3, 0.4) is 0 Å². The van der Waals surface area contributed by atoms with Gasteiger partial charge in [0.05, 0.1) is 40.3 Å². The highest BCUT2D eigenvalue weighted by molar-refractivity contribution is 5.70. The summed E-state index contributed by atoms with van der Waals surface area (Å²) in [5, 5.41) is 11.8. The topological polar surface area (TPSA) is 111 Å². The molecule has 0 aromatic carbocycles. The molecule has 0 aliphatic rings. The second-order valence-electron chi connectivity index (χ2n) is 23.0. The first kappa shape index (κ1) is 76.2. The molecule has 0 aromatic rings. The lowest BCUT2D eigenvalue weighted by molar-refractivity contribution is -0.870. The number of carbonyl (C=O) groups excluding carboxylic acids is 3. The molecule has 0 bridgehead atoms. The Labute approximate surface area is 492 Å². The summed E-state index contributed by atoms with van der Waals surface area (Å²) in [4.78, 5) is 37.4. The van der Waals surface area contributed by atoms with E-state index in [0.717, 1.165) is 96.3 Å². The van der Waals surface area contributed by atoms with Gasteiger partial charge in [0.2, 0.25) is 0 Å². The first-order chi connectivity index (χ1) is 39.1. The van der Waals surface area contributed by atoms with Gasteiger partial charge in [-0.05, 0) is 96.3 Å². The van der Waals surface area contributed by atoms with Crippen molar-refractivity contribution in [3.63, 3.8) is 0 Å². The molecule has 2 unspecified atom stereocenters. The zero-order valence-corrected chi connectivity index (χ0v) is 52.4. The van der Waals surface area contributed by atoms with Crippen LogP contribution in [0.5, 0.6) is 0 Å². The summed E-state index contributed by atoms with van der Waals surface area (Å²) in [7, 11) is 5.92. The molecule has 0 aliphatic heterocycles. The zero-order valence-electron chi connectivity index (χ0n) is 52.4. The molecule has 80 heavy (non-hydrogen) atoms. The number of hydrogen-bond acceptors (Lipinski definition) is 8. The maximum absolute atomic E-state index is 12.9. The van der Waals surface area contributed by atoms with Crippen LogP contribution in [-0.2, 0) is 33.3 Å². The van der Waals surface area contributed by atoms with Gasteiger partial charge in [0.15, 0.2) is 12.4 Å². The van der Waals surface area contributed by atoms with Crippen molar-refractivity contribution in [3.8, 4) is 0 Å². The van der Waals surface area contributed by atoms with Crippen molar-refractivity contribution in [2.75, 3.05) is 47.5 Å². The van der Waals surface area contributed by atoms with Gasteiger partial charge in [-0.2, -0.15) is 0 Å². The normalized spacial score (nSPS) is 13.4. The van der Waals surface area contributed by atoms with Gasteiger partial charge in [-0.25, -0.2) is 0 Å². The molecule has 0 N–H and O–H groups in total. The number of rotatable bonds is 60. The lowest BCUT2D eigenvalue weighted by Gasteiger charge is -2.26. The zero-order chi connectivity index (χ0) is 58.3. The third-order valence-corrected chi connectivity index (χ3v) is 14.1. The minimum atomic E-state index is -1.63. The smallest absolute Gasteiger partial charge is 0.306 e. The molecule has 460 valence electrons. The summed E-state index contributed by atoms with van der Waals surface area (Å²) in [6.45, 7) is 4.62. The second-order valence-corrected chi connectivity index (χ2v) is 23.0. The Kier molecular flexibility index (Phi) is 58.4. The molecule has 0 saturated carbocycles. The van der Waals surface area contributed by atoms with Crippen molar-refractivity contribution in [1.29, 1.82) is 0 Å². The van der Waals surface area contributed by atoms with E-state index in [9.17, 15) is 19.5 Å². The van der Waals surface area contributed by atoms with E-state index in [2.05, 4.69) is 111 Å². The summed E-state index contributed by atoms with van der Waals surface area (Å²) in [6, 6.07) is 0. The number of quaternary nitrogens is 1. The summed E-state index contributed by atoms with van der Waals surface area (Å²) < 4.78 is 22.7. The van der Waals surface area contributed by atoms with Crippen LogP contribution in [0, 0.1) is 0 Å². The average molecular weight is 1120 g/mol. The molecule has 0 rings (SSSR count). The molecule has 0 heterocycles. The molecule has 0 spiro atoms. The maximum Gasteiger partial charge on any atom is 0.306 e. The molecule has 0 aromatic heterocycles. The molecule has 0 saturated heterocycles. The van der Waals surface area contributed by atoms with Gasteiger partial charge in [-0.3, -0.25) is 9.59 Å². The van der Waals surface area contributed by atoms with E-state index in [4.69, 9.17) is 18.9 Å². The highest BCUT2D eigenvalue weighted by atomic mass is 16.7. The van der Waals surface area contributed by atoms with Gasteiger partial charge in [-0.15, -0.1) is 0 Å². The predicted molar refractivity (Wildman–Crippen MR) is 338 cm³/mol. The maximum atomic E-state index is 12.9. The number of esters is 2. The number of carboxylic acid groups (broad SMARTS) is 1. The number of unbranched alkanes of at least 4 members (excludes halogenated alkanes) is 29. The van der Waals surface area contributed by atoms with Gasteiger partial charge in [0.1, 0.15) is 13.2 Å². The highest BCUT2D eigenvalue weighted by Crippen LogP contribution is 2.17. The number of carbonyl (C=O) groups is 3. The molecule has 9 heteroatoms. The van der Waals surface area contributed by atoms with Crippen molar-refractivity contribution in [1.82, 2.24) is 0 Å². The fourth-order valence-corrected chi connectivity index (χ4v) is 9.04. The van der Waals surface area contributed by atoms with Crippen molar-refractivity contribution >= 4 is 17.9 Å². The molecule has 0 amide bonds. The van der Waals surface area contributed by atoms with E-state index in [0.29, 0.717) is 17.4 Å². The van der Waals surface area contributed by atoms with Crippen molar-refractivity contribution < 1.29 is 42.9 Å². The number of ether oxygens (including phenoxy) is 4. The van der Waals surface area contributed by atoms with Crippen LogP contribution in [0.2, 0.25) is 0 Å². The van der Waals surface area contributed by atoms with Gasteiger partial charge in [0.25, 0.3) is 0 Å². The number of likely N-dealkylation sites (N-methyl/N-ethyl adjacent to an activating group) is 1. The van der Waals surface area contributed by atoms with Crippen molar-refractivity contribution in [3.05, 3.63) is 97.2 Å². The van der Waals surface area contributed by atoms with Crippen molar-refractivity contribution in [2.45, 2.75) is 289 Å². The molecule has 9 nitrogen and oxygen atoms in total. The van der Waals surface area contributed by atoms with Gasteiger partial charge < -0.3 is 33.3 Å². The lowest BCUT2D eigenvalue weighted by atomic mass is 10.0. The van der Waals surface area contributed by atoms with Crippen LogP contribution >= 0.6 is 0 Å². The number of carboxylic acids is 1. The third-order valence-electron chi connectivity index (χ3n) is 14.1. The Bertz CT molecular complexity index is 1630. The molecular weight excluding hydrogens is 995 g/mol. The van der Waals surface area contributed by atoms with Crippen LogP contribution in [0.25, 0.3) is 0 Å². The first-order valence-electron chi connectivity index (χ1n) is 32.9. The number of allylic oxidation sites excluding steroid dienone is 16. The fraction of sp³-hybridized carbons (Fsp3) is 0.732. The van der Waals surface area contributed by atoms with Gasteiger partial charge in [-0.1, -0.05) is 265 Å². The minimum Gasteiger partial charge on any atom is -0.545 e. The molecule has 0 fully saturated rings. The molecular formula is C71H123NO8. The summed E-state index contributed by atoms with van der Waals surface area (Å²) in [5.41, 5.74) is 0. The van der Waals surface area contributed by atoms with E-state index >= 15 is 0 Å². The Morgan fingerprint density at radius 1 is 0.388 bits per heavy atom. The molecule has 0 radical (unpaired) electrons. The van der Waals surface area contributed by atoms with E-state index in [1.807, 2.05) is 21.1 Å². The average Bonchev–Trinajstić information content (AvgIpc) is 3.43. The predicted octanol–water partition coefficient (Wildman–Crippen LogP) is 18.7. The van der Waals surface area contributed by atoms with Gasteiger partial charge in [0, 0.05) is 12.8 Å². The first-order valence-corrected chi connectivity index (χ1v) is 32.9. The molecule has 0 aliphatic carbocycles.